The summed E-state index contributed by atoms with van der Waals surface area (Å²) in [5.41, 5.74) is 5.98. The Morgan fingerprint density at radius 3 is 1.82 bits per heavy atom. The summed E-state index contributed by atoms with van der Waals surface area (Å²) in [7, 11) is 3.92. The molecule has 0 heterocycles. The third-order valence-electron chi connectivity index (χ3n) is 3.74. The Labute approximate surface area is 108 Å². The molecule has 104 valence electrons. The Morgan fingerprint density at radius 2 is 1.53 bits per heavy atom. The molecule has 2 N–H and O–H groups in total. The molecule has 0 radical (unpaired) electrons. The van der Waals surface area contributed by atoms with Crippen molar-refractivity contribution in [3.8, 4) is 0 Å². The highest BCUT2D eigenvalue weighted by Crippen LogP contribution is 2.26. The minimum atomic E-state index is 0.258. The molecule has 0 aliphatic carbocycles. The number of nitrogens with zero attached hydrogens (tertiary/aromatic N) is 1. The van der Waals surface area contributed by atoms with Crippen LogP contribution in [0.5, 0.6) is 0 Å². The van der Waals surface area contributed by atoms with Gasteiger partial charge in [-0.05, 0) is 31.7 Å². The zero-order valence-corrected chi connectivity index (χ0v) is 12.7. The molecule has 0 fully saturated rings. The molecule has 0 saturated carbocycles. The van der Waals surface area contributed by atoms with Gasteiger partial charge in [0.25, 0.3) is 0 Å². The van der Waals surface area contributed by atoms with Gasteiger partial charge in [-0.2, -0.15) is 0 Å². The van der Waals surface area contributed by atoms with Crippen molar-refractivity contribution < 1.29 is 4.74 Å². The first-order chi connectivity index (χ1) is 7.84. The number of hydrogen-bond donors (Lipinski definition) is 1. The maximum atomic E-state index is 5.98. The number of methoxy groups -OCH3 is 1. The van der Waals surface area contributed by atoms with Gasteiger partial charge in [0.15, 0.2) is 0 Å². The standard InChI is InChI=1S/C14H32N2O/c1-10(2)14(11(3)4)13(8-15)16(6)9-12(5)17-7/h10-14H,8-9,15H2,1-7H3. The third kappa shape index (κ3) is 5.36. The van der Waals surface area contributed by atoms with Crippen molar-refractivity contribution in [2.75, 3.05) is 27.2 Å². The van der Waals surface area contributed by atoms with Crippen LogP contribution in [0, 0.1) is 17.8 Å². The Balaban J connectivity index is 4.66. The van der Waals surface area contributed by atoms with E-state index in [1.165, 1.54) is 0 Å². The van der Waals surface area contributed by atoms with Gasteiger partial charge in [0.2, 0.25) is 0 Å². The molecule has 0 bridgehead atoms. The maximum absolute atomic E-state index is 5.98. The van der Waals surface area contributed by atoms with E-state index in [0.29, 0.717) is 30.3 Å². The molecular weight excluding hydrogens is 212 g/mol. The fourth-order valence-corrected chi connectivity index (χ4v) is 2.90. The lowest BCUT2D eigenvalue weighted by Crippen LogP contribution is -2.49. The molecule has 0 saturated heterocycles. The van der Waals surface area contributed by atoms with Crippen molar-refractivity contribution in [3.63, 3.8) is 0 Å². The summed E-state index contributed by atoms with van der Waals surface area (Å²) in [6, 6.07) is 0.438. The average Bonchev–Trinajstić information content (AvgIpc) is 2.23. The van der Waals surface area contributed by atoms with Crippen molar-refractivity contribution in [3.05, 3.63) is 0 Å². The molecular formula is C14H32N2O. The first-order valence-corrected chi connectivity index (χ1v) is 6.78. The Kier molecular flexibility index (Phi) is 8.01. The summed E-state index contributed by atoms with van der Waals surface area (Å²) in [5, 5.41) is 0. The van der Waals surface area contributed by atoms with Crippen LogP contribution in [0.1, 0.15) is 34.6 Å². The third-order valence-corrected chi connectivity index (χ3v) is 3.74. The Bertz CT molecular complexity index is 187. The lowest BCUT2D eigenvalue weighted by atomic mass is 9.79. The monoisotopic (exact) mass is 244 g/mol. The second kappa shape index (κ2) is 8.06. The summed E-state index contributed by atoms with van der Waals surface area (Å²) in [4.78, 5) is 2.36. The van der Waals surface area contributed by atoms with Gasteiger partial charge >= 0.3 is 0 Å². The minimum absolute atomic E-state index is 0.258. The summed E-state index contributed by atoms with van der Waals surface area (Å²) >= 11 is 0. The predicted octanol–water partition coefficient (Wildman–Crippen LogP) is 2.21. The molecule has 0 amide bonds. The van der Waals surface area contributed by atoms with Crippen LogP contribution in [-0.2, 0) is 4.74 Å². The van der Waals surface area contributed by atoms with Gasteiger partial charge < -0.3 is 10.5 Å². The minimum Gasteiger partial charge on any atom is -0.380 e. The van der Waals surface area contributed by atoms with Crippen LogP contribution in [0.4, 0.5) is 0 Å². The van der Waals surface area contributed by atoms with Crippen molar-refractivity contribution >= 4 is 0 Å². The second-order valence-corrected chi connectivity index (χ2v) is 5.85. The highest BCUT2D eigenvalue weighted by molar-refractivity contribution is 4.83. The quantitative estimate of drug-likeness (QED) is 0.711. The van der Waals surface area contributed by atoms with Crippen LogP contribution in [0.25, 0.3) is 0 Å². The molecule has 0 aliphatic heterocycles. The van der Waals surface area contributed by atoms with E-state index in [9.17, 15) is 0 Å². The highest BCUT2D eigenvalue weighted by Gasteiger charge is 2.29. The van der Waals surface area contributed by atoms with Crippen LogP contribution >= 0.6 is 0 Å². The second-order valence-electron chi connectivity index (χ2n) is 5.85. The van der Waals surface area contributed by atoms with E-state index < -0.39 is 0 Å². The molecule has 0 spiro atoms. The molecule has 0 aromatic carbocycles. The summed E-state index contributed by atoms with van der Waals surface area (Å²) in [6.07, 6.45) is 0.258. The molecule has 17 heavy (non-hydrogen) atoms. The van der Waals surface area contributed by atoms with Gasteiger partial charge in [-0.1, -0.05) is 27.7 Å². The average molecular weight is 244 g/mol. The summed E-state index contributed by atoms with van der Waals surface area (Å²) in [5.74, 6) is 1.95. The Morgan fingerprint density at radius 1 is 1.06 bits per heavy atom. The van der Waals surface area contributed by atoms with Gasteiger partial charge in [-0.3, -0.25) is 4.90 Å². The van der Waals surface area contributed by atoms with Crippen LogP contribution in [0.2, 0.25) is 0 Å². The van der Waals surface area contributed by atoms with Gasteiger partial charge in [0.1, 0.15) is 0 Å². The van der Waals surface area contributed by atoms with Crippen molar-refractivity contribution in [2.24, 2.45) is 23.5 Å². The lowest BCUT2D eigenvalue weighted by Gasteiger charge is -2.39. The first kappa shape index (κ1) is 16.9. The molecule has 3 heteroatoms. The van der Waals surface area contributed by atoms with E-state index in [0.717, 1.165) is 6.54 Å². The Hall–Kier alpha value is -0.120. The zero-order valence-electron chi connectivity index (χ0n) is 12.7. The number of rotatable bonds is 8. The number of hydrogen-bond acceptors (Lipinski definition) is 3. The molecule has 0 aliphatic rings. The van der Waals surface area contributed by atoms with Gasteiger partial charge in [-0.15, -0.1) is 0 Å². The van der Waals surface area contributed by atoms with Crippen molar-refractivity contribution in [2.45, 2.75) is 46.8 Å². The normalized spacial score (nSPS) is 16.2. The van der Waals surface area contributed by atoms with Crippen molar-refractivity contribution in [1.82, 2.24) is 4.90 Å². The smallest absolute Gasteiger partial charge is 0.0670 e. The number of ether oxygens (including phenoxy) is 1. The van der Waals surface area contributed by atoms with E-state index in [1.54, 1.807) is 7.11 Å². The van der Waals surface area contributed by atoms with Crippen LogP contribution < -0.4 is 5.73 Å². The maximum Gasteiger partial charge on any atom is 0.0670 e. The molecule has 0 rings (SSSR count). The number of likely N-dealkylation sites (N-methyl/N-ethyl adjacent to an activating group) is 1. The first-order valence-electron chi connectivity index (χ1n) is 6.78. The van der Waals surface area contributed by atoms with E-state index >= 15 is 0 Å². The van der Waals surface area contributed by atoms with Crippen molar-refractivity contribution in [1.29, 1.82) is 0 Å². The van der Waals surface area contributed by atoms with Gasteiger partial charge in [0, 0.05) is 26.2 Å². The summed E-state index contributed by atoms with van der Waals surface area (Å²) in [6.45, 7) is 12.9. The van der Waals surface area contributed by atoms with Crippen LogP contribution in [0.3, 0.4) is 0 Å². The van der Waals surface area contributed by atoms with Gasteiger partial charge in [0.05, 0.1) is 6.10 Å². The van der Waals surface area contributed by atoms with E-state index in [-0.39, 0.29) is 6.10 Å². The van der Waals surface area contributed by atoms with E-state index in [1.807, 2.05) is 0 Å². The summed E-state index contributed by atoms with van der Waals surface area (Å²) < 4.78 is 5.33. The van der Waals surface area contributed by atoms with Gasteiger partial charge in [-0.25, -0.2) is 0 Å². The van der Waals surface area contributed by atoms with E-state index in [4.69, 9.17) is 10.5 Å². The van der Waals surface area contributed by atoms with Crippen LogP contribution in [0.15, 0.2) is 0 Å². The molecule has 2 unspecified atom stereocenters. The fourth-order valence-electron chi connectivity index (χ4n) is 2.90. The lowest BCUT2D eigenvalue weighted by molar-refractivity contribution is 0.0441. The fraction of sp³-hybridized carbons (Fsp3) is 1.00. The molecule has 3 nitrogen and oxygen atoms in total. The predicted molar refractivity (Wildman–Crippen MR) is 75.1 cm³/mol. The topological polar surface area (TPSA) is 38.5 Å². The largest absolute Gasteiger partial charge is 0.380 e. The molecule has 0 aromatic rings. The van der Waals surface area contributed by atoms with Crippen LogP contribution in [-0.4, -0.2) is 44.3 Å². The number of nitrogens with two attached hydrogens (primary N) is 1. The van der Waals surface area contributed by atoms with E-state index in [2.05, 4.69) is 46.6 Å². The molecule has 0 aromatic heterocycles. The highest BCUT2D eigenvalue weighted by atomic mass is 16.5. The SMILES string of the molecule is COC(C)CN(C)C(CN)C(C(C)C)C(C)C. The zero-order chi connectivity index (χ0) is 13.6. The molecule has 2 atom stereocenters.